The van der Waals surface area contributed by atoms with Crippen LogP contribution in [0.25, 0.3) is 11.0 Å². The van der Waals surface area contributed by atoms with Crippen molar-refractivity contribution in [2.75, 3.05) is 25.0 Å². The Hall–Kier alpha value is -3.83. The van der Waals surface area contributed by atoms with E-state index in [0.29, 0.717) is 13.1 Å². The molecule has 1 aromatic heterocycles. The van der Waals surface area contributed by atoms with E-state index in [1.54, 1.807) is 12.1 Å². The van der Waals surface area contributed by atoms with Gasteiger partial charge in [-0.25, -0.2) is 14.4 Å². The van der Waals surface area contributed by atoms with Crippen LogP contribution >= 0.6 is 0 Å². The van der Waals surface area contributed by atoms with Gasteiger partial charge in [-0.15, -0.1) is 0 Å². The van der Waals surface area contributed by atoms with E-state index in [1.165, 1.54) is 24.3 Å². The van der Waals surface area contributed by atoms with Crippen LogP contribution in [0.3, 0.4) is 0 Å². The van der Waals surface area contributed by atoms with Gasteiger partial charge in [-0.3, -0.25) is 10.1 Å². The molecule has 5 rings (SSSR count). The Kier molecular flexibility index (Phi) is 6.90. The number of aliphatic imine (C=N–C) groups is 1. The van der Waals surface area contributed by atoms with Crippen LogP contribution in [0.1, 0.15) is 24.8 Å². The molecule has 2 aromatic carbocycles. The number of amidine groups is 1. The summed E-state index contributed by atoms with van der Waals surface area (Å²) in [5.41, 5.74) is 13.1. The number of hydrogen-bond acceptors (Lipinski definition) is 8. The van der Waals surface area contributed by atoms with E-state index in [9.17, 15) is 14.5 Å². The molecule has 194 valence electrons. The van der Waals surface area contributed by atoms with Crippen molar-refractivity contribution in [1.29, 1.82) is 0 Å². The number of anilines is 1. The predicted octanol–water partition coefficient (Wildman–Crippen LogP) is 2.72. The molecule has 37 heavy (non-hydrogen) atoms. The molecule has 2 aliphatic heterocycles. The van der Waals surface area contributed by atoms with Crippen molar-refractivity contribution in [3.05, 3.63) is 82.2 Å². The molecule has 0 aliphatic carbocycles. The molecule has 2 unspecified atom stereocenters. The van der Waals surface area contributed by atoms with Gasteiger partial charge in [0.2, 0.25) is 5.95 Å². The number of nitrogens with two attached hydrogens (primary N) is 2. The highest BCUT2D eigenvalue weighted by molar-refractivity contribution is 5.92. The normalized spacial score (nSPS) is 22.8. The molecule has 3 aromatic rings. The van der Waals surface area contributed by atoms with E-state index in [0.717, 1.165) is 48.5 Å². The number of halogens is 1. The van der Waals surface area contributed by atoms with Crippen LogP contribution in [0, 0.1) is 15.9 Å². The van der Waals surface area contributed by atoms with E-state index >= 15 is 0 Å². The molecule has 2 atom stereocenters. The fourth-order valence-electron chi connectivity index (χ4n) is 5.07. The first-order chi connectivity index (χ1) is 17.8. The summed E-state index contributed by atoms with van der Waals surface area (Å²) in [6.07, 6.45) is 3.97. The Morgan fingerprint density at radius 2 is 1.89 bits per heavy atom. The van der Waals surface area contributed by atoms with Crippen LogP contribution in [0.15, 0.2) is 65.7 Å². The molecule has 10 nitrogen and oxygen atoms in total. The average Bonchev–Trinajstić information content (AvgIpc) is 3.22. The molecule has 0 bridgehead atoms. The zero-order valence-corrected chi connectivity index (χ0v) is 20.5. The van der Waals surface area contributed by atoms with Crippen molar-refractivity contribution in [2.45, 2.75) is 43.6 Å². The SMILES string of the molecule is NC1=NC(N)C(CCN2CCC(Nc3nc4ccccc4n3Cc3ccc(F)cc3)CC2)([N+](=O)[O-])C=C1. The second-order valence-corrected chi connectivity index (χ2v) is 9.73. The molecule has 0 amide bonds. The van der Waals surface area contributed by atoms with Crippen molar-refractivity contribution < 1.29 is 9.31 Å². The lowest BCUT2D eigenvalue weighted by molar-refractivity contribution is -0.560. The molecule has 1 fully saturated rings. The summed E-state index contributed by atoms with van der Waals surface area (Å²) >= 11 is 0. The summed E-state index contributed by atoms with van der Waals surface area (Å²) in [4.78, 5) is 22.6. The quantitative estimate of drug-likeness (QED) is 0.315. The number of dihydropyridines is 1. The standard InChI is InChI=1S/C26H31FN8O2/c27-19-7-5-18(6-8-19)17-34-22-4-2-1-3-21(22)31-25(34)30-20-10-14-33(15-11-20)16-13-26(35(36)37)12-9-23(28)32-24(26)29/h1-9,12,20,24H,10-11,13-17,29H2,(H2,28,32)(H,30,31). The number of aromatic nitrogens is 2. The Labute approximate surface area is 214 Å². The zero-order chi connectivity index (χ0) is 26.0. The van der Waals surface area contributed by atoms with Crippen molar-refractivity contribution in [1.82, 2.24) is 14.5 Å². The number of nitro groups is 1. The van der Waals surface area contributed by atoms with Crippen LogP contribution in [0.5, 0.6) is 0 Å². The molecule has 3 heterocycles. The summed E-state index contributed by atoms with van der Waals surface area (Å²) in [6, 6.07) is 14.7. The maximum Gasteiger partial charge on any atom is 0.276 e. The van der Waals surface area contributed by atoms with Crippen molar-refractivity contribution in [2.24, 2.45) is 16.5 Å². The second kappa shape index (κ2) is 10.3. The summed E-state index contributed by atoms with van der Waals surface area (Å²) in [5, 5.41) is 15.5. The monoisotopic (exact) mass is 506 g/mol. The fraction of sp³-hybridized carbons (Fsp3) is 0.385. The Balaban J connectivity index is 1.23. The highest BCUT2D eigenvalue weighted by Gasteiger charge is 2.48. The second-order valence-electron chi connectivity index (χ2n) is 9.73. The minimum Gasteiger partial charge on any atom is -0.384 e. The van der Waals surface area contributed by atoms with Gasteiger partial charge in [0.1, 0.15) is 11.7 Å². The molecular weight excluding hydrogens is 475 g/mol. The summed E-state index contributed by atoms with van der Waals surface area (Å²) in [5.74, 6) is 0.735. The van der Waals surface area contributed by atoms with Gasteiger partial charge in [-0.1, -0.05) is 24.3 Å². The minimum atomic E-state index is -1.44. The third-order valence-electron chi connectivity index (χ3n) is 7.34. The van der Waals surface area contributed by atoms with Crippen molar-refractivity contribution in [3.8, 4) is 0 Å². The summed E-state index contributed by atoms with van der Waals surface area (Å²) < 4.78 is 15.5. The van der Waals surface area contributed by atoms with E-state index in [-0.39, 0.29) is 29.0 Å². The Morgan fingerprint density at radius 1 is 1.16 bits per heavy atom. The number of nitrogens with one attached hydrogen (secondary N) is 1. The van der Waals surface area contributed by atoms with Gasteiger partial charge in [0.05, 0.1) is 17.6 Å². The fourth-order valence-corrected chi connectivity index (χ4v) is 5.07. The summed E-state index contributed by atoms with van der Waals surface area (Å²) in [7, 11) is 0. The first-order valence-corrected chi connectivity index (χ1v) is 12.5. The zero-order valence-electron chi connectivity index (χ0n) is 20.5. The number of piperidine rings is 1. The third kappa shape index (κ3) is 5.18. The van der Waals surface area contributed by atoms with Crippen LogP contribution in [-0.2, 0) is 6.54 Å². The maximum atomic E-state index is 13.4. The molecule has 11 heteroatoms. The number of benzene rings is 2. The molecule has 0 spiro atoms. The number of nitrogens with zero attached hydrogens (tertiary/aromatic N) is 5. The predicted molar refractivity (Wildman–Crippen MR) is 141 cm³/mol. The molecule has 0 saturated carbocycles. The van der Waals surface area contributed by atoms with Crippen LogP contribution in [0.2, 0.25) is 0 Å². The number of imidazole rings is 1. The van der Waals surface area contributed by atoms with Gasteiger partial charge in [0.15, 0.2) is 6.17 Å². The van der Waals surface area contributed by atoms with Gasteiger partial charge in [0, 0.05) is 37.0 Å². The molecule has 2 aliphatic rings. The van der Waals surface area contributed by atoms with E-state index in [2.05, 4.69) is 19.8 Å². The van der Waals surface area contributed by atoms with E-state index < -0.39 is 11.7 Å². The highest BCUT2D eigenvalue weighted by Crippen LogP contribution is 2.27. The minimum absolute atomic E-state index is 0.210. The third-order valence-corrected chi connectivity index (χ3v) is 7.34. The smallest absolute Gasteiger partial charge is 0.276 e. The number of para-hydroxylation sites is 2. The number of likely N-dealkylation sites (tertiary alicyclic amines) is 1. The van der Waals surface area contributed by atoms with Crippen molar-refractivity contribution >= 4 is 22.8 Å². The van der Waals surface area contributed by atoms with Gasteiger partial charge >= 0.3 is 0 Å². The topological polar surface area (TPSA) is 141 Å². The summed E-state index contributed by atoms with van der Waals surface area (Å²) in [6.45, 7) is 2.72. The van der Waals surface area contributed by atoms with Crippen LogP contribution < -0.4 is 16.8 Å². The Morgan fingerprint density at radius 3 is 2.59 bits per heavy atom. The lowest BCUT2D eigenvalue weighted by Crippen LogP contribution is -2.55. The molecule has 0 radical (unpaired) electrons. The lowest BCUT2D eigenvalue weighted by atomic mass is 9.89. The molecule has 5 N–H and O–H groups in total. The largest absolute Gasteiger partial charge is 0.384 e. The Bertz CT molecular complexity index is 1330. The maximum absolute atomic E-state index is 13.4. The van der Waals surface area contributed by atoms with E-state index in [1.807, 2.05) is 24.3 Å². The number of hydrogen-bond donors (Lipinski definition) is 3. The first kappa shape index (κ1) is 24.8. The molecule has 1 saturated heterocycles. The van der Waals surface area contributed by atoms with Gasteiger partial charge in [0.25, 0.3) is 5.54 Å². The van der Waals surface area contributed by atoms with Gasteiger partial charge in [-0.05, 0) is 54.8 Å². The number of rotatable bonds is 8. The highest BCUT2D eigenvalue weighted by atomic mass is 19.1. The average molecular weight is 507 g/mol. The van der Waals surface area contributed by atoms with E-state index in [4.69, 9.17) is 16.5 Å². The van der Waals surface area contributed by atoms with Crippen LogP contribution in [-0.4, -0.2) is 62.6 Å². The van der Waals surface area contributed by atoms with Crippen molar-refractivity contribution in [3.63, 3.8) is 0 Å². The lowest BCUT2D eigenvalue weighted by Gasteiger charge is -2.35. The van der Waals surface area contributed by atoms with Crippen LogP contribution in [0.4, 0.5) is 10.3 Å². The number of fused-ring (bicyclic) bond motifs is 1. The van der Waals surface area contributed by atoms with Gasteiger partial charge in [-0.2, -0.15) is 0 Å². The first-order valence-electron chi connectivity index (χ1n) is 12.5. The van der Waals surface area contributed by atoms with Gasteiger partial charge < -0.3 is 26.3 Å². The molecular formula is C26H31FN8O2.